The van der Waals surface area contributed by atoms with Crippen LogP contribution >= 0.6 is 0 Å². The molecular formula is C30H52O4. The van der Waals surface area contributed by atoms with E-state index >= 15 is 0 Å². The molecule has 0 aromatic rings. The van der Waals surface area contributed by atoms with Gasteiger partial charge in [-0.1, -0.05) is 53.2 Å². The van der Waals surface area contributed by atoms with Crippen molar-refractivity contribution in [3.63, 3.8) is 0 Å². The van der Waals surface area contributed by atoms with Crippen LogP contribution in [0.1, 0.15) is 107 Å². The number of aliphatic hydroxyl groups excluding tert-OH is 3. The van der Waals surface area contributed by atoms with Gasteiger partial charge in [-0.05, 0) is 99.7 Å². The number of fused-ring (bicyclic) bond motifs is 5. The molecular weight excluding hydrogens is 424 g/mol. The van der Waals surface area contributed by atoms with Gasteiger partial charge in [0, 0.05) is 10.8 Å². The number of hydrogen-bond donors (Lipinski definition) is 4. The molecule has 3 saturated carbocycles. The Kier molecular flexibility index (Phi) is 6.50. The molecule has 34 heavy (non-hydrogen) atoms. The van der Waals surface area contributed by atoms with Gasteiger partial charge in [-0.2, -0.15) is 0 Å². The Morgan fingerprint density at radius 1 is 0.971 bits per heavy atom. The highest BCUT2D eigenvalue weighted by molar-refractivity contribution is 5.31. The summed E-state index contributed by atoms with van der Waals surface area (Å²) in [4.78, 5) is 0. The third-order valence-electron chi connectivity index (χ3n) is 12.4. The second kappa shape index (κ2) is 8.30. The molecule has 196 valence electrons. The van der Waals surface area contributed by atoms with Crippen molar-refractivity contribution in [2.45, 2.75) is 131 Å². The molecule has 10 atom stereocenters. The normalized spacial score (nSPS) is 47.8. The van der Waals surface area contributed by atoms with Gasteiger partial charge in [-0.25, -0.2) is 0 Å². The van der Waals surface area contributed by atoms with Crippen LogP contribution in [0.15, 0.2) is 11.6 Å². The average Bonchev–Trinajstić information content (AvgIpc) is 2.99. The topological polar surface area (TPSA) is 80.9 Å². The van der Waals surface area contributed by atoms with Crippen LogP contribution in [0, 0.1) is 45.3 Å². The van der Waals surface area contributed by atoms with E-state index in [2.05, 4.69) is 47.6 Å². The molecule has 0 amide bonds. The molecule has 4 nitrogen and oxygen atoms in total. The Labute approximate surface area is 208 Å². The van der Waals surface area contributed by atoms with Crippen LogP contribution in [0.5, 0.6) is 0 Å². The van der Waals surface area contributed by atoms with Gasteiger partial charge >= 0.3 is 0 Å². The lowest BCUT2D eigenvalue weighted by molar-refractivity contribution is -0.204. The SMILES string of the molecule is C[C@H](CC[C@@H](O)C(C)(C)O)C1CC[C@@]2(C)C3CC=C4[C@@H](CC[C@H](O)C4(C)C)[C@]3(C)[C@H](O)C[C@]12C. The molecule has 0 aromatic heterocycles. The van der Waals surface area contributed by atoms with E-state index in [0.717, 1.165) is 32.1 Å². The standard InChI is InChI=1S/C30H52O4/c1-18(9-13-24(32)27(4,5)34)19-15-16-28(6)22-12-10-20-21(11-14-23(31)26(20,2)3)30(22,8)25(33)17-29(19,28)7/h10,18-19,21-25,31-34H,9,11-17H2,1-8H3/t18-,19?,21-,22?,23+,24-,25-,28+,29-,30+/m1/s1. The van der Waals surface area contributed by atoms with Crippen molar-refractivity contribution in [2.24, 2.45) is 45.3 Å². The highest BCUT2D eigenvalue weighted by Crippen LogP contribution is 2.74. The van der Waals surface area contributed by atoms with Gasteiger partial charge in [0.1, 0.15) is 0 Å². The minimum absolute atomic E-state index is 0.0603. The lowest BCUT2D eigenvalue weighted by Gasteiger charge is -2.67. The van der Waals surface area contributed by atoms with Crippen molar-refractivity contribution in [1.82, 2.24) is 0 Å². The van der Waals surface area contributed by atoms with Crippen molar-refractivity contribution in [3.8, 4) is 0 Å². The summed E-state index contributed by atoms with van der Waals surface area (Å²) in [6, 6.07) is 0. The van der Waals surface area contributed by atoms with E-state index in [1.165, 1.54) is 18.4 Å². The summed E-state index contributed by atoms with van der Waals surface area (Å²) in [5.74, 6) is 1.74. The first-order valence-electron chi connectivity index (χ1n) is 14.0. The van der Waals surface area contributed by atoms with E-state index in [9.17, 15) is 20.4 Å². The quantitative estimate of drug-likeness (QED) is 0.397. The Morgan fingerprint density at radius 3 is 2.24 bits per heavy atom. The lowest BCUT2D eigenvalue weighted by atomic mass is 9.38. The zero-order valence-electron chi connectivity index (χ0n) is 23.1. The van der Waals surface area contributed by atoms with Crippen LogP contribution in [-0.4, -0.2) is 44.3 Å². The van der Waals surface area contributed by atoms with Crippen LogP contribution in [0.2, 0.25) is 0 Å². The molecule has 4 heteroatoms. The van der Waals surface area contributed by atoms with E-state index < -0.39 is 11.7 Å². The van der Waals surface area contributed by atoms with E-state index in [1.807, 2.05) is 0 Å². The van der Waals surface area contributed by atoms with Crippen LogP contribution < -0.4 is 0 Å². The average molecular weight is 477 g/mol. The van der Waals surface area contributed by atoms with Crippen molar-refractivity contribution >= 4 is 0 Å². The molecule has 4 N–H and O–H groups in total. The van der Waals surface area contributed by atoms with Crippen LogP contribution in [-0.2, 0) is 0 Å². The Balaban J connectivity index is 1.63. The first kappa shape index (κ1) is 26.6. The Bertz CT molecular complexity index is 811. The molecule has 0 heterocycles. The number of allylic oxidation sites excluding steroid dienone is 1. The lowest BCUT2D eigenvalue weighted by Crippen LogP contribution is -2.64. The van der Waals surface area contributed by atoms with Crippen molar-refractivity contribution in [3.05, 3.63) is 11.6 Å². The smallest absolute Gasteiger partial charge is 0.0849 e. The van der Waals surface area contributed by atoms with Crippen LogP contribution in [0.25, 0.3) is 0 Å². The summed E-state index contributed by atoms with van der Waals surface area (Å²) in [7, 11) is 0. The first-order chi connectivity index (χ1) is 15.5. The van der Waals surface area contributed by atoms with Gasteiger partial charge < -0.3 is 20.4 Å². The first-order valence-corrected chi connectivity index (χ1v) is 14.0. The third-order valence-corrected chi connectivity index (χ3v) is 12.4. The van der Waals surface area contributed by atoms with E-state index in [-0.39, 0.29) is 33.9 Å². The number of rotatable bonds is 5. The third kappa shape index (κ3) is 3.60. The van der Waals surface area contributed by atoms with Gasteiger partial charge in [0.25, 0.3) is 0 Å². The van der Waals surface area contributed by atoms with Crippen molar-refractivity contribution < 1.29 is 20.4 Å². The minimum Gasteiger partial charge on any atom is -0.393 e. The molecule has 0 aliphatic heterocycles. The van der Waals surface area contributed by atoms with Gasteiger partial charge in [0.2, 0.25) is 0 Å². The summed E-state index contributed by atoms with van der Waals surface area (Å²) in [6.07, 6.45) is 8.64. The molecule has 3 fully saturated rings. The molecule has 0 spiro atoms. The Hall–Kier alpha value is -0.420. The zero-order chi connectivity index (χ0) is 25.5. The number of hydrogen-bond acceptors (Lipinski definition) is 4. The monoisotopic (exact) mass is 476 g/mol. The maximum Gasteiger partial charge on any atom is 0.0849 e. The molecule has 4 aliphatic carbocycles. The van der Waals surface area contributed by atoms with Crippen molar-refractivity contribution in [2.75, 3.05) is 0 Å². The summed E-state index contributed by atoms with van der Waals surface area (Å²) in [5.41, 5.74) is 0.184. The summed E-state index contributed by atoms with van der Waals surface area (Å²) in [5, 5.41) is 43.3. The molecule has 0 bridgehead atoms. The predicted octanol–water partition coefficient (Wildman–Crippen LogP) is 5.47. The predicted molar refractivity (Wildman–Crippen MR) is 137 cm³/mol. The molecule has 0 saturated heterocycles. The maximum absolute atomic E-state index is 11.9. The van der Waals surface area contributed by atoms with Gasteiger partial charge in [-0.15, -0.1) is 0 Å². The molecule has 4 rings (SSSR count). The summed E-state index contributed by atoms with van der Waals surface area (Å²) in [6.45, 7) is 17.4. The Morgan fingerprint density at radius 2 is 1.62 bits per heavy atom. The van der Waals surface area contributed by atoms with Gasteiger partial charge in [-0.3, -0.25) is 0 Å². The van der Waals surface area contributed by atoms with E-state index in [1.54, 1.807) is 13.8 Å². The minimum atomic E-state index is -1.07. The fraction of sp³-hybridized carbons (Fsp3) is 0.933. The highest BCUT2D eigenvalue weighted by Gasteiger charge is 2.70. The van der Waals surface area contributed by atoms with E-state index in [4.69, 9.17) is 0 Å². The van der Waals surface area contributed by atoms with Gasteiger partial charge in [0.15, 0.2) is 0 Å². The molecule has 0 radical (unpaired) electrons. The second-order valence-corrected chi connectivity index (χ2v) is 14.6. The summed E-state index contributed by atoms with van der Waals surface area (Å²) >= 11 is 0. The zero-order valence-corrected chi connectivity index (χ0v) is 23.1. The molecule has 2 unspecified atom stereocenters. The summed E-state index contributed by atoms with van der Waals surface area (Å²) < 4.78 is 0. The van der Waals surface area contributed by atoms with Crippen LogP contribution in [0.3, 0.4) is 0 Å². The van der Waals surface area contributed by atoms with Crippen molar-refractivity contribution in [1.29, 1.82) is 0 Å². The molecule has 4 aliphatic rings. The maximum atomic E-state index is 11.9. The fourth-order valence-electron chi connectivity index (χ4n) is 9.64. The van der Waals surface area contributed by atoms with Gasteiger partial charge in [0.05, 0.1) is 23.9 Å². The van der Waals surface area contributed by atoms with E-state index in [0.29, 0.717) is 30.1 Å². The fourth-order valence-corrected chi connectivity index (χ4v) is 9.64. The molecule has 0 aromatic carbocycles. The largest absolute Gasteiger partial charge is 0.393 e. The van der Waals surface area contributed by atoms with Crippen LogP contribution in [0.4, 0.5) is 0 Å². The number of aliphatic hydroxyl groups is 4. The second-order valence-electron chi connectivity index (χ2n) is 14.6. The highest BCUT2D eigenvalue weighted by atomic mass is 16.3.